The smallest absolute Gasteiger partial charge is 0.251 e. The Hall–Kier alpha value is -1.31. The minimum Gasteiger partial charge on any atom is -0.357 e. The van der Waals surface area contributed by atoms with Crippen LogP contribution in [0.15, 0.2) is 29.3 Å². The van der Waals surface area contributed by atoms with E-state index in [9.17, 15) is 4.79 Å². The second kappa shape index (κ2) is 11.4. The van der Waals surface area contributed by atoms with E-state index >= 15 is 0 Å². The maximum absolute atomic E-state index is 11.6. The lowest BCUT2D eigenvalue weighted by Crippen LogP contribution is -2.37. The molecule has 5 nitrogen and oxygen atoms in total. The highest BCUT2D eigenvalue weighted by atomic mass is 127. The lowest BCUT2D eigenvalue weighted by Gasteiger charge is -2.10. The number of hydrogen-bond donors (Lipinski definition) is 3. The van der Waals surface area contributed by atoms with Crippen LogP contribution in [0.5, 0.6) is 0 Å². The van der Waals surface area contributed by atoms with E-state index in [1.54, 1.807) is 13.1 Å². The second-order valence-electron chi connectivity index (χ2n) is 4.40. The predicted octanol–water partition coefficient (Wildman–Crippen LogP) is 2.13. The molecular weight excluding hydrogens is 379 g/mol. The molecule has 0 fully saturated rings. The van der Waals surface area contributed by atoms with E-state index in [0.29, 0.717) is 12.1 Å². The second-order valence-corrected chi connectivity index (χ2v) is 4.40. The van der Waals surface area contributed by atoms with Gasteiger partial charge in [0.05, 0.1) is 6.54 Å². The molecule has 3 N–H and O–H groups in total. The van der Waals surface area contributed by atoms with Crippen molar-refractivity contribution in [2.75, 3.05) is 20.1 Å². The fourth-order valence-electron chi connectivity index (χ4n) is 1.71. The van der Waals surface area contributed by atoms with Crippen LogP contribution in [0.2, 0.25) is 0 Å². The van der Waals surface area contributed by atoms with Gasteiger partial charge >= 0.3 is 0 Å². The molecule has 0 saturated carbocycles. The number of nitrogens with zero attached hydrogens (tertiary/aromatic N) is 1. The third-order valence-electron chi connectivity index (χ3n) is 2.72. The van der Waals surface area contributed by atoms with E-state index in [1.807, 2.05) is 25.1 Å². The average molecular weight is 404 g/mol. The van der Waals surface area contributed by atoms with E-state index in [-0.39, 0.29) is 29.9 Å². The van der Waals surface area contributed by atoms with E-state index in [4.69, 9.17) is 0 Å². The summed E-state index contributed by atoms with van der Waals surface area (Å²) in [5.41, 5.74) is 1.67. The summed E-state index contributed by atoms with van der Waals surface area (Å²) in [5, 5.41) is 9.07. The molecule has 0 saturated heterocycles. The Balaban J connectivity index is 0.00000400. The van der Waals surface area contributed by atoms with Crippen LogP contribution in [0.1, 0.15) is 36.2 Å². The van der Waals surface area contributed by atoms with Gasteiger partial charge in [0.15, 0.2) is 5.96 Å². The van der Waals surface area contributed by atoms with Crippen LogP contribution in [0.4, 0.5) is 0 Å². The molecule has 1 aromatic rings. The molecule has 0 aliphatic carbocycles. The molecule has 0 spiro atoms. The van der Waals surface area contributed by atoms with E-state index in [2.05, 4.69) is 27.9 Å². The van der Waals surface area contributed by atoms with Crippen LogP contribution < -0.4 is 16.0 Å². The highest BCUT2D eigenvalue weighted by Gasteiger charge is 2.03. The normalized spacial score (nSPS) is 10.5. The van der Waals surface area contributed by atoms with Crippen molar-refractivity contribution < 1.29 is 4.79 Å². The predicted molar refractivity (Wildman–Crippen MR) is 98.4 cm³/mol. The standard InChI is InChI=1S/C15H24N4O.HI/c1-4-9-18-15(17-5-2)19-11-12-7-6-8-13(10-12)14(20)16-3;/h6-8,10H,4-5,9,11H2,1-3H3,(H,16,20)(H2,17,18,19);1H. The minimum absolute atomic E-state index is 0. The van der Waals surface area contributed by atoms with Crippen LogP contribution in [-0.2, 0) is 6.54 Å². The molecule has 21 heavy (non-hydrogen) atoms. The Morgan fingerprint density at radius 2 is 2.00 bits per heavy atom. The molecule has 0 unspecified atom stereocenters. The molecule has 0 radical (unpaired) electrons. The van der Waals surface area contributed by atoms with Crippen molar-refractivity contribution in [3.8, 4) is 0 Å². The summed E-state index contributed by atoms with van der Waals surface area (Å²) in [4.78, 5) is 16.1. The molecular formula is C15H25IN4O. The summed E-state index contributed by atoms with van der Waals surface area (Å²) in [6.45, 7) is 6.42. The first-order valence-corrected chi connectivity index (χ1v) is 7.04. The molecule has 0 atom stereocenters. The topological polar surface area (TPSA) is 65.5 Å². The van der Waals surface area contributed by atoms with E-state index in [0.717, 1.165) is 31.0 Å². The van der Waals surface area contributed by atoms with E-state index < -0.39 is 0 Å². The molecule has 1 amide bonds. The zero-order valence-electron chi connectivity index (χ0n) is 12.9. The van der Waals surface area contributed by atoms with Gasteiger partial charge in [-0.25, -0.2) is 4.99 Å². The van der Waals surface area contributed by atoms with Gasteiger partial charge in [-0.2, -0.15) is 0 Å². The van der Waals surface area contributed by atoms with Gasteiger partial charge in [0, 0.05) is 25.7 Å². The SMILES string of the molecule is CCCNC(=NCc1cccc(C(=O)NC)c1)NCC.I. The summed E-state index contributed by atoms with van der Waals surface area (Å²) in [6, 6.07) is 7.51. The summed E-state index contributed by atoms with van der Waals surface area (Å²) >= 11 is 0. The number of carbonyl (C=O) groups is 1. The van der Waals surface area contributed by atoms with Gasteiger partial charge in [-0.3, -0.25) is 4.79 Å². The zero-order chi connectivity index (χ0) is 14.8. The van der Waals surface area contributed by atoms with Gasteiger partial charge in [-0.15, -0.1) is 24.0 Å². The van der Waals surface area contributed by atoms with Crippen molar-refractivity contribution in [2.24, 2.45) is 4.99 Å². The Kier molecular flexibility index (Phi) is 10.7. The van der Waals surface area contributed by atoms with E-state index in [1.165, 1.54) is 0 Å². The number of hydrogen-bond acceptors (Lipinski definition) is 2. The van der Waals surface area contributed by atoms with Crippen LogP contribution in [0.3, 0.4) is 0 Å². The monoisotopic (exact) mass is 404 g/mol. The minimum atomic E-state index is -0.0770. The van der Waals surface area contributed by atoms with Crippen molar-refractivity contribution in [3.63, 3.8) is 0 Å². The van der Waals surface area contributed by atoms with Crippen LogP contribution in [0.25, 0.3) is 0 Å². The van der Waals surface area contributed by atoms with Crippen LogP contribution in [-0.4, -0.2) is 32.0 Å². The first-order chi connectivity index (χ1) is 9.71. The lowest BCUT2D eigenvalue weighted by molar-refractivity contribution is 0.0963. The number of amides is 1. The molecule has 0 aliphatic heterocycles. The Labute approximate surface area is 144 Å². The van der Waals surface area contributed by atoms with Gasteiger partial charge in [-0.1, -0.05) is 19.1 Å². The van der Waals surface area contributed by atoms with Gasteiger partial charge in [0.25, 0.3) is 5.91 Å². The highest BCUT2D eigenvalue weighted by molar-refractivity contribution is 14.0. The van der Waals surface area contributed by atoms with Gasteiger partial charge in [0.1, 0.15) is 0 Å². The first kappa shape index (κ1) is 19.7. The number of guanidine groups is 1. The zero-order valence-corrected chi connectivity index (χ0v) is 15.2. The fourth-order valence-corrected chi connectivity index (χ4v) is 1.71. The molecule has 1 rings (SSSR count). The highest BCUT2D eigenvalue weighted by Crippen LogP contribution is 2.06. The Morgan fingerprint density at radius 3 is 2.62 bits per heavy atom. The summed E-state index contributed by atoms with van der Waals surface area (Å²) in [5.74, 6) is 0.728. The Bertz CT molecular complexity index is 463. The van der Waals surface area contributed by atoms with Crippen molar-refractivity contribution in [3.05, 3.63) is 35.4 Å². The van der Waals surface area contributed by atoms with Crippen molar-refractivity contribution in [1.82, 2.24) is 16.0 Å². The number of carbonyl (C=O) groups excluding carboxylic acids is 1. The fraction of sp³-hybridized carbons (Fsp3) is 0.467. The van der Waals surface area contributed by atoms with Crippen molar-refractivity contribution in [2.45, 2.75) is 26.8 Å². The molecule has 0 aromatic heterocycles. The average Bonchev–Trinajstić information content (AvgIpc) is 2.49. The number of nitrogens with one attached hydrogen (secondary N) is 3. The number of rotatable bonds is 6. The van der Waals surface area contributed by atoms with Gasteiger partial charge in [-0.05, 0) is 31.0 Å². The third kappa shape index (κ3) is 7.31. The van der Waals surface area contributed by atoms with Crippen molar-refractivity contribution in [1.29, 1.82) is 0 Å². The summed E-state index contributed by atoms with van der Waals surface area (Å²) in [7, 11) is 1.63. The van der Waals surface area contributed by atoms with Crippen LogP contribution >= 0.6 is 24.0 Å². The van der Waals surface area contributed by atoms with Gasteiger partial charge in [0.2, 0.25) is 0 Å². The lowest BCUT2D eigenvalue weighted by atomic mass is 10.1. The summed E-state index contributed by atoms with van der Waals surface area (Å²) < 4.78 is 0. The molecule has 6 heteroatoms. The summed E-state index contributed by atoms with van der Waals surface area (Å²) in [6.07, 6.45) is 1.05. The molecule has 1 aromatic carbocycles. The number of aliphatic imine (C=N–C) groups is 1. The number of halogens is 1. The molecule has 0 aliphatic rings. The van der Waals surface area contributed by atoms with Crippen LogP contribution in [0, 0.1) is 0 Å². The van der Waals surface area contributed by atoms with Crippen molar-refractivity contribution >= 4 is 35.8 Å². The Morgan fingerprint density at radius 1 is 1.24 bits per heavy atom. The quantitative estimate of drug-likeness (QED) is 0.387. The first-order valence-electron chi connectivity index (χ1n) is 7.04. The molecule has 0 heterocycles. The maximum Gasteiger partial charge on any atom is 0.251 e. The maximum atomic E-state index is 11.6. The molecule has 0 bridgehead atoms. The van der Waals surface area contributed by atoms with Gasteiger partial charge < -0.3 is 16.0 Å². The largest absolute Gasteiger partial charge is 0.357 e. The number of benzene rings is 1. The molecule has 118 valence electrons. The third-order valence-corrected chi connectivity index (χ3v) is 2.72.